The van der Waals surface area contributed by atoms with E-state index >= 15 is 0 Å². The molecule has 0 radical (unpaired) electrons. The average molecular weight is 238 g/mol. The standard InChI is InChI=1S/C11H12ClN3O/c12-9-3-1-8(2-4-9)7-15-11(16)5-10(6-13)14-15/h1-4H,5-7,13H2. The first kappa shape index (κ1) is 11.1. The smallest absolute Gasteiger partial charge is 0.248 e. The van der Waals surface area contributed by atoms with Gasteiger partial charge in [-0.1, -0.05) is 23.7 Å². The van der Waals surface area contributed by atoms with E-state index in [-0.39, 0.29) is 5.91 Å². The molecular weight excluding hydrogens is 226 g/mol. The fourth-order valence-electron chi connectivity index (χ4n) is 1.53. The molecular formula is C11H12ClN3O. The van der Waals surface area contributed by atoms with Gasteiger partial charge in [-0.25, -0.2) is 5.01 Å². The molecule has 1 aliphatic rings. The number of hydrogen-bond acceptors (Lipinski definition) is 3. The molecule has 1 heterocycles. The molecule has 1 amide bonds. The number of hydrazone groups is 1. The number of nitrogens with zero attached hydrogens (tertiary/aromatic N) is 2. The van der Waals surface area contributed by atoms with Crippen molar-refractivity contribution in [3.63, 3.8) is 0 Å². The van der Waals surface area contributed by atoms with Crippen LogP contribution in [0.4, 0.5) is 0 Å². The molecule has 0 aliphatic carbocycles. The number of carbonyl (C=O) groups excluding carboxylic acids is 1. The predicted molar refractivity (Wildman–Crippen MR) is 63.1 cm³/mol. The lowest BCUT2D eigenvalue weighted by Gasteiger charge is -2.11. The molecule has 16 heavy (non-hydrogen) atoms. The molecule has 0 atom stereocenters. The van der Waals surface area contributed by atoms with Crippen LogP contribution in [-0.4, -0.2) is 23.2 Å². The highest BCUT2D eigenvalue weighted by Gasteiger charge is 2.22. The Kier molecular flexibility index (Phi) is 3.22. The predicted octanol–water partition coefficient (Wildman–Crippen LogP) is 1.39. The van der Waals surface area contributed by atoms with Gasteiger partial charge in [-0.05, 0) is 17.7 Å². The highest BCUT2D eigenvalue weighted by atomic mass is 35.5. The van der Waals surface area contributed by atoms with Gasteiger partial charge in [-0.3, -0.25) is 4.79 Å². The highest BCUT2D eigenvalue weighted by molar-refractivity contribution is 6.30. The summed E-state index contributed by atoms with van der Waals surface area (Å²) in [5, 5.41) is 6.28. The monoisotopic (exact) mass is 237 g/mol. The molecule has 0 fully saturated rings. The number of nitrogens with two attached hydrogens (primary N) is 1. The Bertz CT molecular complexity index is 427. The summed E-state index contributed by atoms with van der Waals surface area (Å²) in [6.07, 6.45) is 0.337. The molecule has 0 unspecified atom stereocenters. The van der Waals surface area contributed by atoms with Crippen molar-refractivity contribution in [3.05, 3.63) is 34.9 Å². The summed E-state index contributed by atoms with van der Waals surface area (Å²) in [5.74, 6) is -0.00426. The molecule has 5 heteroatoms. The van der Waals surface area contributed by atoms with Crippen LogP contribution in [0.2, 0.25) is 5.02 Å². The fraction of sp³-hybridized carbons (Fsp3) is 0.273. The van der Waals surface area contributed by atoms with Crippen LogP contribution in [0.3, 0.4) is 0 Å². The minimum absolute atomic E-state index is 0.00426. The van der Waals surface area contributed by atoms with Gasteiger partial charge in [0.25, 0.3) is 0 Å². The topological polar surface area (TPSA) is 58.7 Å². The van der Waals surface area contributed by atoms with E-state index in [1.807, 2.05) is 12.1 Å². The third kappa shape index (κ3) is 2.40. The SMILES string of the molecule is NCC1=NN(Cc2ccc(Cl)cc2)C(=O)C1. The highest BCUT2D eigenvalue weighted by Crippen LogP contribution is 2.15. The molecule has 84 valence electrons. The molecule has 1 aliphatic heterocycles. The normalized spacial score (nSPS) is 15.5. The van der Waals surface area contributed by atoms with Crippen LogP contribution in [0.1, 0.15) is 12.0 Å². The van der Waals surface area contributed by atoms with Crippen LogP contribution in [0.5, 0.6) is 0 Å². The zero-order chi connectivity index (χ0) is 11.5. The van der Waals surface area contributed by atoms with Crippen molar-refractivity contribution in [2.24, 2.45) is 10.8 Å². The molecule has 0 aromatic heterocycles. The summed E-state index contributed by atoms with van der Waals surface area (Å²) in [6.45, 7) is 0.808. The van der Waals surface area contributed by atoms with Gasteiger partial charge < -0.3 is 5.73 Å². The zero-order valence-corrected chi connectivity index (χ0v) is 9.44. The lowest BCUT2D eigenvalue weighted by molar-refractivity contribution is -0.129. The number of carbonyl (C=O) groups is 1. The number of halogens is 1. The Morgan fingerprint density at radius 1 is 1.38 bits per heavy atom. The quantitative estimate of drug-likeness (QED) is 0.864. The van der Waals surface area contributed by atoms with Crippen LogP contribution >= 0.6 is 11.6 Å². The lowest BCUT2D eigenvalue weighted by Crippen LogP contribution is -2.20. The molecule has 1 aromatic rings. The van der Waals surface area contributed by atoms with E-state index in [0.717, 1.165) is 11.3 Å². The third-order valence-electron chi connectivity index (χ3n) is 2.39. The first-order valence-electron chi connectivity index (χ1n) is 5.00. The van der Waals surface area contributed by atoms with E-state index in [4.69, 9.17) is 17.3 Å². The zero-order valence-electron chi connectivity index (χ0n) is 8.69. The minimum Gasteiger partial charge on any atom is -0.325 e. The van der Waals surface area contributed by atoms with Crippen molar-refractivity contribution >= 4 is 23.2 Å². The van der Waals surface area contributed by atoms with Gasteiger partial charge in [0, 0.05) is 11.6 Å². The van der Waals surface area contributed by atoms with E-state index < -0.39 is 0 Å². The molecule has 4 nitrogen and oxygen atoms in total. The van der Waals surface area contributed by atoms with E-state index in [1.165, 1.54) is 5.01 Å². The lowest BCUT2D eigenvalue weighted by atomic mass is 10.2. The summed E-state index contributed by atoms with van der Waals surface area (Å²) in [7, 11) is 0. The number of benzene rings is 1. The van der Waals surface area contributed by atoms with Gasteiger partial charge in [0.05, 0.1) is 18.7 Å². The average Bonchev–Trinajstić information content (AvgIpc) is 2.63. The Morgan fingerprint density at radius 3 is 2.62 bits per heavy atom. The van der Waals surface area contributed by atoms with Crippen LogP contribution < -0.4 is 5.73 Å². The van der Waals surface area contributed by atoms with Crippen molar-refractivity contribution in [1.82, 2.24) is 5.01 Å². The molecule has 1 aromatic carbocycles. The Morgan fingerprint density at radius 2 is 2.06 bits per heavy atom. The molecule has 0 saturated carbocycles. The first-order valence-corrected chi connectivity index (χ1v) is 5.38. The van der Waals surface area contributed by atoms with E-state index in [9.17, 15) is 4.79 Å². The van der Waals surface area contributed by atoms with Crippen molar-refractivity contribution in [2.45, 2.75) is 13.0 Å². The molecule has 0 spiro atoms. The van der Waals surface area contributed by atoms with Gasteiger partial charge in [-0.15, -0.1) is 0 Å². The van der Waals surface area contributed by atoms with Gasteiger partial charge in [-0.2, -0.15) is 5.10 Å². The van der Waals surface area contributed by atoms with E-state index in [2.05, 4.69) is 5.10 Å². The van der Waals surface area contributed by atoms with Crippen LogP contribution in [0.25, 0.3) is 0 Å². The summed E-state index contributed by atoms with van der Waals surface area (Å²) in [6, 6.07) is 7.35. The van der Waals surface area contributed by atoms with Gasteiger partial charge in [0.2, 0.25) is 5.91 Å². The maximum absolute atomic E-state index is 11.5. The summed E-state index contributed by atoms with van der Waals surface area (Å²) in [4.78, 5) is 11.5. The van der Waals surface area contributed by atoms with Crippen LogP contribution in [0, 0.1) is 0 Å². The third-order valence-corrected chi connectivity index (χ3v) is 2.64. The maximum Gasteiger partial charge on any atom is 0.248 e. The number of amides is 1. The van der Waals surface area contributed by atoms with Crippen molar-refractivity contribution in [2.75, 3.05) is 6.54 Å². The van der Waals surface area contributed by atoms with E-state index in [1.54, 1.807) is 12.1 Å². The van der Waals surface area contributed by atoms with Gasteiger partial charge in [0.15, 0.2) is 0 Å². The molecule has 2 N–H and O–H groups in total. The first-order chi connectivity index (χ1) is 7.69. The summed E-state index contributed by atoms with van der Waals surface area (Å²) in [5.41, 5.74) is 7.18. The second-order valence-corrected chi connectivity index (χ2v) is 4.06. The second-order valence-electron chi connectivity index (χ2n) is 3.62. The Balaban J connectivity index is 2.07. The number of rotatable bonds is 3. The van der Waals surface area contributed by atoms with Crippen LogP contribution in [-0.2, 0) is 11.3 Å². The van der Waals surface area contributed by atoms with Gasteiger partial charge >= 0.3 is 0 Å². The minimum atomic E-state index is -0.00426. The second kappa shape index (κ2) is 4.63. The van der Waals surface area contributed by atoms with Gasteiger partial charge in [0.1, 0.15) is 0 Å². The van der Waals surface area contributed by atoms with Crippen molar-refractivity contribution in [3.8, 4) is 0 Å². The summed E-state index contributed by atoms with van der Waals surface area (Å²) < 4.78 is 0. The Labute approximate surface area is 98.7 Å². The fourth-order valence-corrected chi connectivity index (χ4v) is 1.65. The molecule has 0 bridgehead atoms. The number of hydrogen-bond donors (Lipinski definition) is 1. The van der Waals surface area contributed by atoms with E-state index in [0.29, 0.717) is 24.5 Å². The largest absolute Gasteiger partial charge is 0.325 e. The van der Waals surface area contributed by atoms with Crippen LogP contribution in [0.15, 0.2) is 29.4 Å². The summed E-state index contributed by atoms with van der Waals surface area (Å²) >= 11 is 5.78. The molecule has 2 rings (SSSR count). The maximum atomic E-state index is 11.5. The van der Waals surface area contributed by atoms with Crippen molar-refractivity contribution in [1.29, 1.82) is 0 Å². The molecule has 0 saturated heterocycles. The Hall–Kier alpha value is -1.39. The van der Waals surface area contributed by atoms with Crippen molar-refractivity contribution < 1.29 is 4.79 Å².